The van der Waals surface area contributed by atoms with Crippen LogP contribution in [0.2, 0.25) is 0 Å². The zero-order valence-corrected chi connectivity index (χ0v) is 19.7. The molecule has 168 valence electrons. The number of benzene rings is 1. The van der Waals surface area contributed by atoms with Gasteiger partial charge in [0.05, 0.1) is 23.4 Å². The van der Waals surface area contributed by atoms with Crippen LogP contribution in [0.25, 0.3) is 10.9 Å². The fourth-order valence-electron chi connectivity index (χ4n) is 3.88. The number of nitrogens with one attached hydrogen (secondary N) is 3. The van der Waals surface area contributed by atoms with Crippen molar-refractivity contribution < 1.29 is 13.2 Å². The second kappa shape index (κ2) is 8.89. The third kappa shape index (κ3) is 4.42. The van der Waals surface area contributed by atoms with Crippen molar-refractivity contribution in [2.75, 3.05) is 37.4 Å². The number of amides is 1. The fraction of sp³-hybridized carbons (Fsp3) is 0.333. The third-order valence-corrected chi connectivity index (χ3v) is 9.46. The largest absolute Gasteiger partial charge is 0.351 e. The van der Waals surface area contributed by atoms with Crippen LogP contribution in [0.5, 0.6) is 0 Å². The third-order valence-electron chi connectivity index (χ3n) is 5.48. The molecule has 2 aliphatic heterocycles. The van der Waals surface area contributed by atoms with Gasteiger partial charge in [-0.05, 0) is 23.6 Å². The average Bonchev–Trinajstić information content (AvgIpc) is 3.55. The van der Waals surface area contributed by atoms with Crippen LogP contribution in [-0.2, 0) is 14.8 Å². The Balaban J connectivity index is 1.30. The minimum Gasteiger partial charge on any atom is -0.351 e. The van der Waals surface area contributed by atoms with Gasteiger partial charge in [0.2, 0.25) is 5.91 Å². The molecule has 11 heteroatoms. The van der Waals surface area contributed by atoms with Gasteiger partial charge in [-0.25, -0.2) is 8.42 Å². The summed E-state index contributed by atoms with van der Waals surface area (Å²) in [7, 11) is -3.64. The summed E-state index contributed by atoms with van der Waals surface area (Å²) in [6, 6.07) is 10.8. The normalized spacial score (nSPS) is 19.3. The van der Waals surface area contributed by atoms with E-state index < -0.39 is 10.0 Å². The van der Waals surface area contributed by atoms with Gasteiger partial charge in [-0.3, -0.25) is 14.5 Å². The number of aromatic nitrogens is 1. The minimum atomic E-state index is -3.64. The van der Waals surface area contributed by atoms with Crippen LogP contribution < -0.4 is 10.0 Å². The van der Waals surface area contributed by atoms with Crippen molar-refractivity contribution in [2.45, 2.75) is 15.9 Å². The molecule has 8 nitrogen and oxygen atoms in total. The Hall–Kier alpha value is -2.34. The van der Waals surface area contributed by atoms with Crippen LogP contribution in [0.1, 0.15) is 12.1 Å². The Morgan fingerprint density at radius 2 is 2.06 bits per heavy atom. The maximum Gasteiger partial charge on any atom is 0.271 e. The lowest BCUT2D eigenvalue weighted by Gasteiger charge is -2.28. The lowest BCUT2D eigenvalue weighted by molar-refractivity contribution is -0.131. The maximum absolute atomic E-state index is 12.7. The predicted octanol–water partition coefficient (Wildman–Crippen LogP) is 2.71. The number of nitrogens with zero attached hydrogens (tertiary/aromatic N) is 2. The summed E-state index contributed by atoms with van der Waals surface area (Å²) < 4.78 is 28.3. The molecule has 1 amide bonds. The Labute approximate surface area is 194 Å². The molecule has 3 N–H and O–H groups in total. The quantitative estimate of drug-likeness (QED) is 0.494. The number of aromatic amines is 1. The zero-order chi connectivity index (χ0) is 22.1. The number of piperazine rings is 1. The number of aliphatic imine (C=N–C) groups is 1. The molecule has 1 saturated heterocycles. The first-order chi connectivity index (χ1) is 15.5. The second-order valence-corrected chi connectivity index (χ2v) is 11.9. The van der Waals surface area contributed by atoms with E-state index in [-0.39, 0.29) is 15.4 Å². The first kappa shape index (κ1) is 21.5. The summed E-state index contributed by atoms with van der Waals surface area (Å²) in [4.78, 5) is 22.5. The molecule has 1 fully saturated rings. The van der Waals surface area contributed by atoms with Gasteiger partial charge >= 0.3 is 0 Å². The number of thiophene rings is 1. The van der Waals surface area contributed by atoms with Gasteiger partial charge in [-0.2, -0.15) is 0 Å². The van der Waals surface area contributed by atoms with E-state index in [1.807, 2.05) is 23.1 Å². The van der Waals surface area contributed by atoms with Crippen LogP contribution >= 0.6 is 23.1 Å². The summed E-state index contributed by atoms with van der Waals surface area (Å²) in [5.41, 5.74) is 2.05. The van der Waals surface area contributed by atoms with Gasteiger partial charge in [0.15, 0.2) is 0 Å². The molecule has 5 rings (SSSR count). The van der Waals surface area contributed by atoms with E-state index >= 15 is 0 Å². The number of carbonyl (C=O) groups is 1. The number of anilines is 1. The Morgan fingerprint density at radius 1 is 1.22 bits per heavy atom. The Kier molecular flexibility index (Phi) is 5.97. The predicted molar refractivity (Wildman–Crippen MR) is 130 cm³/mol. The smallest absolute Gasteiger partial charge is 0.271 e. The molecule has 2 aromatic heterocycles. The Morgan fingerprint density at radius 3 is 2.84 bits per heavy atom. The number of thioether (sulfide) groups is 1. The van der Waals surface area contributed by atoms with Gasteiger partial charge < -0.3 is 15.2 Å². The van der Waals surface area contributed by atoms with E-state index in [2.05, 4.69) is 20.0 Å². The Bertz CT molecular complexity index is 1260. The highest BCUT2D eigenvalue weighted by Gasteiger charge is 2.27. The van der Waals surface area contributed by atoms with Crippen molar-refractivity contribution >= 4 is 60.7 Å². The summed E-state index contributed by atoms with van der Waals surface area (Å²) in [6.07, 6.45) is 0.476. The number of hydrogen-bond acceptors (Lipinski definition) is 7. The lowest BCUT2D eigenvalue weighted by Crippen LogP contribution is -2.47. The summed E-state index contributed by atoms with van der Waals surface area (Å²) >= 11 is 2.78. The number of sulfonamides is 1. The zero-order valence-electron chi connectivity index (χ0n) is 17.2. The number of hydrogen-bond donors (Lipinski definition) is 3. The van der Waals surface area contributed by atoms with Crippen molar-refractivity contribution in [3.63, 3.8) is 0 Å². The van der Waals surface area contributed by atoms with Crippen LogP contribution in [0.4, 0.5) is 5.69 Å². The summed E-state index contributed by atoms with van der Waals surface area (Å²) in [6.45, 7) is 3.81. The molecule has 0 spiro atoms. The molecule has 4 heterocycles. The van der Waals surface area contributed by atoms with E-state index in [0.29, 0.717) is 24.2 Å². The van der Waals surface area contributed by atoms with Crippen LogP contribution in [0.15, 0.2) is 51.0 Å². The molecule has 1 aromatic carbocycles. The number of rotatable bonds is 6. The standard InChI is InChI=1S/C21H23N5O3S3/c27-18(26-8-6-22-7-9-26)12-15-13-23-21(31-15)17-11-14-3-1-4-16(20(14)24-17)25-32(28,29)19-5-2-10-30-19/h1-5,10-11,15,22,24-25H,6-9,12-13H2. The van der Waals surface area contributed by atoms with Gasteiger partial charge in [0, 0.05) is 43.2 Å². The topological polar surface area (TPSA) is 107 Å². The molecule has 0 radical (unpaired) electrons. The molecule has 1 atom stereocenters. The van der Waals surface area contributed by atoms with E-state index in [1.165, 1.54) is 11.3 Å². The second-order valence-electron chi connectivity index (χ2n) is 7.71. The maximum atomic E-state index is 12.7. The minimum absolute atomic E-state index is 0.121. The van der Waals surface area contributed by atoms with Crippen molar-refractivity contribution in [2.24, 2.45) is 4.99 Å². The fourth-order valence-corrected chi connectivity index (χ4v) is 7.02. The van der Waals surface area contributed by atoms with Gasteiger partial charge in [0.25, 0.3) is 10.0 Å². The van der Waals surface area contributed by atoms with Crippen molar-refractivity contribution in [3.8, 4) is 0 Å². The molecular formula is C21H23N5O3S3. The molecular weight excluding hydrogens is 466 g/mol. The summed E-state index contributed by atoms with van der Waals surface area (Å²) in [5.74, 6) is 0.183. The van der Waals surface area contributed by atoms with E-state index in [0.717, 1.165) is 42.3 Å². The van der Waals surface area contributed by atoms with Gasteiger partial charge in [0.1, 0.15) is 9.25 Å². The average molecular weight is 490 g/mol. The van der Waals surface area contributed by atoms with Crippen LogP contribution in [0.3, 0.4) is 0 Å². The highest BCUT2D eigenvalue weighted by molar-refractivity contribution is 8.15. The SMILES string of the molecule is O=C(CC1CN=C(c2cc3cccc(NS(=O)(=O)c4cccs4)c3[nH]2)S1)N1CCNCC1. The first-order valence-corrected chi connectivity index (χ1v) is 13.6. The van der Waals surface area contributed by atoms with E-state index in [4.69, 9.17) is 0 Å². The van der Waals surface area contributed by atoms with Gasteiger partial charge in [-0.1, -0.05) is 30.0 Å². The highest BCUT2D eigenvalue weighted by Crippen LogP contribution is 2.32. The van der Waals surface area contributed by atoms with E-state index in [9.17, 15) is 13.2 Å². The number of para-hydroxylation sites is 1. The monoisotopic (exact) mass is 489 g/mol. The molecule has 0 saturated carbocycles. The number of carbonyl (C=O) groups excluding carboxylic acids is 1. The molecule has 32 heavy (non-hydrogen) atoms. The van der Waals surface area contributed by atoms with Crippen molar-refractivity contribution in [1.82, 2.24) is 15.2 Å². The molecule has 0 aliphatic carbocycles. The highest BCUT2D eigenvalue weighted by atomic mass is 32.2. The first-order valence-electron chi connectivity index (χ1n) is 10.4. The van der Waals surface area contributed by atoms with Crippen LogP contribution in [-0.4, -0.2) is 67.2 Å². The molecule has 0 bridgehead atoms. The molecule has 1 unspecified atom stereocenters. The number of fused-ring (bicyclic) bond motifs is 1. The number of H-pyrrole nitrogens is 1. The van der Waals surface area contributed by atoms with E-state index in [1.54, 1.807) is 35.3 Å². The molecule has 3 aromatic rings. The molecule has 2 aliphatic rings. The lowest BCUT2D eigenvalue weighted by atomic mass is 10.2. The van der Waals surface area contributed by atoms with Crippen molar-refractivity contribution in [3.05, 3.63) is 47.5 Å². The van der Waals surface area contributed by atoms with Crippen LogP contribution in [0, 0.1) is 0 Å². The summed E-state index contributed by atoms with van der Waals surface area (Å²) in [5, 5.41) is 6.87. The van der Waals surface area contributed by atoms with Crippen molar-refractivity contribution in [1.29, 1.82) is 0 Å². The van der Waals surface area contributed by atoms with Gasteiger partial charge in [-0.15, -0.1) is 11.3 Å².